The van der Waals surface area contributed by atoms with Gasteiger partial charge in [0.05, 0.1) is 36.3 Å². The van der Waals surface area contributed by atoms with Crippen molar-refractivity contribution in [2.24, 2.45) is 0 Å². The van der Waals surface area contributed by atoms with Gasteiger partial charge in [0.25, 0.3) is 5.91 Å². The lowest BCUT2D eigenvalue weighted by Crippen LogP contribution is -2.36. The maximum atomic E-state index is 13.1. The van der Waals surface area contributed by atoms with Crippen LogP contribution in [0.5, 0.6) is 0 Å². The van der Waals surface area contributed by atoms with Gasteiger partial charge in [0.15, 0.2) is 0 Å². The molecule has 3 aromatic rings. The number of rotatable bonds is 6. The minimum Gasteiger partial charge on any atom is -0.467 e. The Kier molecular flexibility index (Phi) is 5.56. The smallest absolute Gasteiger partial charge is 0.256 e. The highest BCUT2D eigenvalue weighted by molar-refractivity contribution is 6.33. The van der Waals surface area contributed by atoms with Gasteiger partial charge in [-0.2, -0.15) is 5.10 Å². The molecule has 140 valence electrons. The van der Waals surface area contributed by atoms with E-state index in [-0.39, 0.29) is 29.7 Å². The van der Waals surface area contributed by atoms with Crippen LogP contribution in [-0.4, -0.2) is 28.1 Å². The topological polar surface area (TPSA) is 89.2 Å². The van der Waals surface area contributed by atoms with E-state index in [0.717, 1.165) is 0 Å². The summed E-state index contributed by atoms with van der Waals surface area (Å²) < 4.78 is 19.5. The summed E-state index contributed by atoms with van der Waals surface area (Å²) in [5.41, 5.74) is 1.05. The van der Waals surface area contributed by atoms with Crippen LogP contribution in [0.25, 0.3) is 5.69 Å². The first-order valence-electron chi connectivity index (χ1n) is 8.04. The second kappa shape index (κ2) is 8.05. The lowest BCUT2D eigenvalue weighted by atomic mass is 10.2. The third-order valence-corrected chi connectivity index (χ3v) is 4.10. The van der Waals surface area contributed by atoms with E-state index in [2.05, 4.69) is 15.7 Å². The maximum Gasteiger partial charge on any atom is 0.256 e. The molecule has 0 fully saturated rings. The molecule has 2 aromatic heterocycles. The predicted molar refractivity (Wildman–Crippen MR) is 96.2 cm³/mol. The SMILES string of the molecule is Cc1nn(-c2ccc(F)cc2)c(Cl)c1C(=O)NCC(=O)NCc1ccco1. The van der Waals surface area contributed by atoms with E-state index in [4.69, 9.17) is 16.0 Å². The zero-order valence-corrected chi connectivity index (χ0v) is 15.1. The molecule has 0 bridgehead atoms. The van der Waals surface area contributed by atoms with Crippen molar-refractivity contribution in [3.63, 3.8) is 0 Å². The Morgan fingerprint density at radius 2 is 1.96 bits per heavy atom. The molecule has 0 unspecified atom stereocenters. The maximum absolute atomic E-state index is 13.1. The fraction of sp³-hybridized carbons (Fsp3) is 0.167. The Morgan fingerprint density at radius 3 is 2.63 bits per heavy atom. The highest BCUT2D eigenvalue weighted by Gasteiger charge is 2.21. The van der Waals surface area contributed by atoms with Gasteiger partial charge in [-0.15, -0.1) is 0 Å². The summed E-state index contributed by atoms with van der Waals surface area (Å²) in [4.78, 5) is 24.3. The number of amides is 2. The second-order valence-electron chi connectivity index (χ2n) is 5.68. The first kappa shape index (κ1) is 18.7. The third-order valence-electron chi connectivity index (χ3n) is 3.75. The van der Waals surface area contributed by atoms with Gasteiger partial charge in [-0.1, -0.05) is 11.6 Å². The van der Waals surface area contributed by atoms with Gasteiger partial charge in [0.1, 0.15) is 16.7 Å². The fourth-order valence-electron chi connectivity index (χ4n) is 2.42. The number of nitrogens with one attached hydrogen (secondary N) is 2. The molecule has 0 aliphatic heterocycles. The van der Waals surface area contributed by atoms with Crippen LogP contribution in [0.2, 0.25) is 5.15 Å². The molecule has 2 N–H and O–H groups in total. The molecular weight excluding hydrogens is 375 g/mol. The van der Waals surface area contributed by atoms with Crippen molar-refractivity contribution in [3.8, 4) is 5.69 Å². The van der Waals surface area contributed by atoms with Gasteiger partial charge >= 0.3 is 0 Å². The number of carbonyl (C=O) groups excluding carboxylic acids is 2. The molecule has 27 heavy (non-hydrogen) atoms. The van der Waals surface area contributed by atoms with E-state index in [1.54, 1.807) is 19.1 Å². The number of aromatic nitrogens is 2. The second-order valence-corrected chi connectivity index (χ2v) is 6.04. The van der Waals surface area contributed by atoms with Crippen molar-refractivity contribution < 1.29 is 18.4 Å². The van der Waals surface area contributed by atoms with Gasteiger partial charge in [0.2, 0.25) is 5.91 Å². The van der Waals surface area contributed by atoms with E-state index in [9.17, 15) is 14.0 Å². The van der Waals surface area contributed by atoms with E-state index in [1.807, 2.05) is 0 Å². The number of hydrogen-bond acceptors (Lipinski definition) is 4. The average molecular weight is 391 g/mol. The van der Waals surface area contributed by atoms with E-state index >= 15 is 0 Å². The molecule has 3 rings (SSSR count). The number of hydrogen-bond donors (Lipinski definition) is 2. The molecule has 0 saturated heterocycles. The Labute approximate surface area is 159 Å². The van der Waals surface area contributed by atoms with Gasteiger partial charge in [0, 0.05) is 0 Å². The van der Waals surface area contributed by atoms with Crippen LogP contribution in [0, 0.1) is 12.7 Å². The molecule has 9 heteroatoms. The number of furan rings is 1. The van der Waals surface area contributed by atoms with Crippen molar-refractivity contribution >= 4 is 23.4 Å². The van der Waals surface area contributed by atoms with Gasteiger partial charge in [-0.25, -0.2) is 9.07 Å². The van der Waals surface area contributed by atoms with Crippen LogP contribution in [-0.2, 0) is 11.3 Å². The molecule has 2 heterocycles. The lowest BCUT2D eigenvalue weighted by molar-refractivity contribution is -0.120. The first-order valence-corrected chi connectivity index (χ1v) is 8.42. The zero-order chi connectivity index (χ0) is 19.4. The van der Waals surface area contributed by atoms with Crippen LogP contribution < -0.4 is 10.6 Å². The zero-order valence-electron chi connectivity index (χ0n) is 14.3. The molecule has 0 spiro atoms. The number of aryl methyl sites for hydroxylation is 1. The summed E-state index contributed by atoms with van der Waals surface area (Å²) in [6.45, 7) is 1.62. The van der Waals surface area contributed by atoms with E-state index in [1.165, 1.54) is 35.2 Å². The average Bonchev–Trinajstić information content (AvgIpc) is 3.26. The highest BCUT2D eigenvalue weighted by atomic mass is 35.5. The van der Waals surface area contributed by atoms with Gasteiger partial charge < -0.3 is 15.1 Å². The molecular formula is C18H16ClFN4O3. The summed E-state index contributed by atoms with van der Waals surface area (Å²) in [6, 6.07) is 8.98. The number of nitrogens with zero attached hydrogens (tertiary/aromatic N) is 2. The number of carbonyl (C=O) groups is 2. The van der Waals surface area contributed by atoms with Crippen LogP contribution in [0.1, 0.15) is 21.8 Å². The van der Waals surface area contributed by atoms with Crippen LogP contribution >= 0.6 is 11.6 Å². The lowest BCUT2D eigenvalue weighted by Gasteiger charge is -2.06. The standard InChI is InChI=1S/C18H16ClFN4O3/c1-11-16(17(19)24(23-11)13-6-4-12(20)5-7-13)18(26)22-10-15(25)21-9-14-3-2-8-27-14/h2-8H,9-10H2,1H3,(H,21,25)(H,22,26). The molecule has 0 saturated carbocycles. The molecule has 0 aliphatic rings. The molecule has 0 aliphatic carbocycles. The van der Waals surface area contributed by atoms with Crippen molar-refractivity contribution in [2.75, 3.05) is 6.54 Å². The molecule has 0 radical (unpaired) electrons. The van der Waals surface area contributed by atoms with Gasteiger partial charge in [-0.05, 0) is 43.3 Å². The van der Waals surface area contributed by atoms with Crippen molar-refractivity contribution in [1.29, 1.82) is 0 Å². The van der Waals surface area contributed by atoms with Crippen LogP contribution in [0.15, 0.2) is 47.1 Å². The summed E-state index contributed by atoms with van der Waals surface area (Å²) in [5.74, 6) is -0.690. The van der Waals surface area contributed by atoms with E-state index < -0.39 is 11.7 Å². The summed E-state index contributed by atoms with van der Waals surface area (Å²) >= 11 is 6.28. The Bertz CT molecular complexity index is 952. The monoisotopic (exact) mass is 390 g/mol. The molecule has 2 amide bonds. The minimum atomic E-state index is -0.529. The predicted octanol–water partition coefficient (Wildman–Crippen LogP) is 2.61. The van der Waals surface area contributed by atoms with E-state index in [0.29, 0.717) is 17.1 Å². The van der Waals surface area contributed by atoms with Crippen molar-refractivity contribution in [3.05, 3.63) is 70.6 Å². The fourth-order valence-corrected chi connectivity index (χ4v) is 2.78. The molecule has 0 atom stereocenters. The summed E-state index contributed by atoms with van der Waals surface area (Å²) in [7, 11) is 0. The van der Waals surface area contributed by atoms with Gasteiger partial charge in [-0.3, -0.25) is 9.59 Å². The Hall–Kier alpha value is -3.13. The molecule has 1 aromatic carbocycles. The quantitative estimate of drug-likeness (QED) is 0.677. The van der Waals surface area contributed by atoms with Crippen molar-refractivity contribution in [2.45, 2.75) is 13.5 Å². The Morgan fingerprint density at radius 1 is 1.22 bits per heavy atom. The Balaban J connectivity index is 1.64. The third kappa shape index (κ3) is 4.35. The largest absolute Gasteiger partial charge is 0.467 e. The minimum absolute atomic E-state index is 0.0765. The summed E-state index contributed by atoms with van der Waals surface area (Å²) in [6.07, 6.45) is 1.51. The first-order chi connectivity index (χ1) is 13.0. The number of halogens is 2. The summed E-state index contributed by atoms with van der Waals surface area (Å²) in [5, 5.41) is 9.42. The highest BCUT2D eigenvalue weighted by Crippen LogP contribution is 2.23. The van der Waals surface area contributed by atoms with Crippen LogP contribution in [0.3, 0.4) is 0 Å². The van der Waals surface area contributed by atoms with Crippen molar-refractivity contribution in [1.82, 2.24) is 20.4 Å². The normalized spacial score (nSPS) is 10.6. The molecule has 7 nitrogen and oxygen atoms in total. The van der Waals surface area contributed by atoms with Crippen LogP contribution in [0.4, 0.5) is 4.39 Å². The number of benzene rings is 1.